The number of hydrogen-bond donors (Lipinski definition) is 0. The van der Waals surface area contributed by atoms with E-state index in [2.05, 4.69) is 9.64 Å². The van der Waals surface area contributed by atoms with Crippen LogP contribution in [0, 0.1) is 10.1 Å². The molecule has 24 heavy (non-hydrogen) atoms. The van der Waals surface area contributed by atoms with Crippen LogP contribution in [0.15, 0.2) is 48.5 Å². The van der Waals surface area contributed by atoms with Crippen molar-refractivity contribution in [1.29, 1.82) is 0 Å². The van der Waals surface area contributed by atoms with E-state index in [0.717, 1.165) is 24.9 Å². The van der Waals surface area contributed by atoms with Crippen LogP contribution in [0.4, 0.5) is 20.2 Å². The lowest BCUT2D eigenvalue weighted by Gasteiger charge is -2.27. The molecule has 0 bridgehead atoms. The van der Waals surface area contributed by atoms with E-state index in [1.54, 1.807) is 6.07 Å². The summed E-state index contributed by atoms with van der Waals surface area (Å²) >= 11 is 0. The average molecular weight is 334 g/mol. The third kappa shape index (κ3) is 3.29. The molecular weight excluding hydrogens is 318 g/mol. The van der Waals surface area contributed by atoms with Crippen molar-refractivity contribution in [3.8, 4) is 5.75 Å². The van der Waals surface area contributed by atoms with Crippen LogP contribution >= 0.6 is 0 Å². The average Bonchev–Trinajstić information content (AvgIpc) is 3.04. The van der Waals surface area contributed by atoms with Crippen LogP contribution in [0.1, 0.15) is 24.4 Å². The summed E-state index contributed by atoms with van der Waals surface area (Å²) in [4.78, 5) is 12.3. The number of halogens is 2. The lowest BCUT2D eigenvalue weighted by atomic mass is 10.0. The molecule has 0 N–H and O–H groups in total. The smallest absolute Gasteiger partial charge is 0.387 e. The van der Waals surface area contributed by atoms with Crippen molar-refractivity contribution in [3.63, 3.8) is 0 Å². The van der Waals surface area contributed by atoms with Gasteiger partial charge in [-0.3, -0.25) is 10.1 Å². The monoisotopic (exact) mass is 334 g/mol. The molecule has 2 aromatic carbocycles. The second kappa shape index (κ2) is 6.82. The van der Waals surface area contributed by atoms with Crippen LogP contribution in [0.2, 0.25) is 0 Å². The predicted molar refractivity (Wildman–Crippen MR) is 85.5 cm³/mol. The molecule has 1 atom stereocenters. The zero-order valence-electron chi connectivity index (χ0n) is 12.8. The van der Waals surface area contributed by atoms with Gasteiger partial charge in [-0.15, -0.1) is 0 Å². The summed E-state index contributed by atoms with van der Waals surface area (Å²) in [5.74, 6) is -0.411. The van der Waals surface area contributed by atoms with Gasteiger partial charge in [0.2, 0.25) is 5.75 Å². The number of benzene rings is 2. The first-order valence-corrected chi connectivity index (χ1v) is 7.61. The topological polar surface area (TPSA) is 55.6 Å². The third-order valence-electron chi connectivity index (χ3n) is 4.12. The zero-order chi connectivity index (χ0) is 17.1. The zero-order valence-corrected chi connectivity index (χ0v) is 12.8. The third-order valence-corrected chi connectivity index (χ3v) is 4.12. The number of nitrogens with zero attached hydrogens (tertiary/aromatic N) is 2. The highest BCUT2D eigenvalue weighted by Gasteiger charge is 2.28. The van der Waals surface area contributed by atoms with Gasteiger partial charge in [-0.25, -0.2) is 0 Å². The van der Waals surface area contributed by atoms with Crippen molar-refractivity contribution in [2.75, 3.05) is 11.4 Å². The molecule has 0 aliphatic carbocycles. The summed E-state index contributed by atoms with van der Waals surface area (Å²) in [6.45, 7) is -2.35. The van der Waals surface area contributed by atoms with Gasteiger partial charge in [0.15, 0.2) is 0 Å². The largest absolute Gasteiger partial charge is 0.427 e. The van der Waals surface area contributed by atoms with E-state index in [-0.39, 0.29) is 6.04 Å². The molecule has 0 spiro atoms. The molecule has 1 aliphatic rings. The van der Waals surface area contributed by atoms with E-state index in [4.69, 9.17) is 0 Å². The molecule has 0 aromatic heterocycles. The minimum absolute atomic E-state index is 0.118. The van der Waals surface area contributed by atoms with Gasteiger partial charge in [0, 0.05) is 24.4 Å². The number of hydrogen-bond acceptors (Lipinski definition) is 4. The van der Waals surface area contributed by atoms with Gasteiger partial charge >= 0.3 is 12.3 Å². The number of alkyl halides is 2. The lowest BCUT2D eigenvalue weighted by molar-refractivity contribution is -0.386. The fourth-order valence-corrected chi connectivity index (χ4v) is 3.12. The highest BCUT2D eigenvalue weighted by molar-refractivity contribution is 5.60. The van der Waals surface area contributed by atoms with Gasteiger partial charge in [0.1, 0.15) is 0 Å². The number of ether oxygens (including phenoxy) is 1. The summed E-state index contributed by atoms with van der Waals surface area (Å²) in [6.07, 6.45) is 1.90. The summed E-state index contributed by atoms with van der Waals surface area (Å²) in [7, 11) is 0. The molecule has 0 radical (unpaired) electrons. The van der Waals surface area contributed by atoms with Crippen molar-refractivity contribution < 1.29 is 18.4 Å². The maximum absolute atomic E-state index is 12.6. The Morgan fingerprint density at radius 1 is 1.21 bits per heavy atom. The first-order valence-electron chi connectivity index (χ1n) is 7.61. The minimum atomic E-state index is -3.11. The molecule has 126 valence electrons. The van der Waals surface area contributed by atoms with E-state index >= 15 is 0 Å². The maximum Gasteiger partial charge on any atom is 0.387 e. The molecule has 0 saturated carbocycles. The van der Waals surface area contributed by atoms with Gasteiger partial charge in [0.05, 0.1) is 11.0 Å². The normalized spacial score (nSPS) is 17.3. The number of anilines is 1. The number of rotatable bonds is 5. The summed E-state index contributed by atoms with van der Waals surface area (Å²) in [6, 6.07) is 14.1. The van der Waals surface area contributed by atoms with Crippen LogP contribution in [0.3, 0.4) is 0 Å². The highest BCUT2D eigenvalue weighted by Crippen LogP contribution is 2.40. The van der Waals surface area contributed by atoms with Gasteiger partial charge < -0.3 is 9.64 Å². The molecule has 3 rings (SSSR count). The van der Waals surface area contributed by atoms with Crippen LogP contribution in [-0.2, 0) is 0 Å². The van der Waals surface area contributed by atoms with Crippen molar-refractivity contribution in [3.05, 3.63) is 64.2 Å². The van der Waals surface area contributed by atoms with E-state index in [1.165, 1.54) is 12.1 Å². The van der Waals surface area contributed by atoms with Crippen molar-refractivity contribution in [2.24, 2.45) is 0 Å². The summed E-state index contributed by atoms with van der Waals surface area (Å²) in [5.41, 5.74) is 1.31. The Morgan fingerprint density at radius 2 is 1.96 bits per heavy atom. The van der Waals surface area contributed by atoms with Crippen LogP contribution in [-0.4, -0.2) is 18.1 Å². The maximum atomic E-state index is 12.6. The number of nitro groups is 1. The molecule has 5 nitrogen and oxygen atoms in total. The highest BCUT2D eigenvalue weighted by atomic mass is 19.3. The standard InChI is InChI=1S/C17H16F2N2O3/c18-17(19)24-16-11-13(8-9-15(16)21(22)23)20-10-4-7-14(20)12-5-2-1-3-6-12/h1-3,5-6,8-9,11,14,17H,4,7,10H2. The van der Waals surface area contributed by atoms with Gasteiger partial charge in [0.25, 0.3) is 0 Å². The summed E-state index contributed by atoms with van der Waals surface area (Å²) in [5, 5.41) is 11.0. The van der Waals surface area contributed by atoms with Gasteiger partial charge in [-0.1, -0.05) is 30.3 Å². The molecule has 2 aromatic rings. The first-order chi connectivity index (χ1) is 11.6. The molecule has 7 heteroatoms. The summed E-state index contributed by atoms with van der Waals surface area (Å²) < 4.78 is 29.5. The first kappa shape index (κ1) is 16.2. The van der Waals surface area contributed by atoms with Crippen LogP contribution in [0.5, 0.6) is 5.75 Å². The fourth-order valence-electron chi connectivity index (χ4n) is 3.12. The predicted octanol–water partition coefficient (Wildman–Crippen LogP) is 4.54. The Balaban J connectivity index is 1.94. The second-order valence-corrected chi connectivity index (χ2v) is 5.55. The van der Waals surface area contributed by atoms with Crippen LogP contribution < -0.4 is 9.64 Å². The van der Waals surface area contributed by atoms with E-state index in [0.29, 0.717) is 5.69 Å². The molecule has 1 unspecified atom stereocenters. The quantitative estimate of drug-likeness (QED) is 0.595. The van der Waals surface area contributed by atoms with Gasteiger partial charge in [-0.2, -0.15) is 8.78 Å². The Labute approximate surface area is 137 Å². The Morgan fingerprint density at radius 3 is 2.62 bits per heavy atom. The molecule has 0 amide bonds. The van der Waals surface area contributed by atoms with Crippen molar-refractivity contribution >= 4 is 11.4 Å². The fraction of sp³-hybridized carbons (Fsp3) is 0.294. The Hall–Kier alpha value is -2.70. The van der Waals surface area contributed by atoms with E-state index < -0.39 is 23.0 Å². The molecule has 1 fully saturated rings. The Kier molecular flexibility index (Phi) is 4.59. The Bertz CT molecular complexity index is 725. The number of nitro benzene ring substituents is 1. The molecular formula is C17H16F2N2O3. The van der Waals surface area contributed by atoms with Crippen molar-refractivity contribution in [2.45, 2.75) is 25.5 Å². The molecule has 1 aliphatic heterocycles. The van der Waals surface area contributed by atoms with E-state index in [9.17, 15) is 18.9 Å². The van der Waals surface area contributed by atoms with Crippen LogP contribution in [0.25, 0.3) is 0 Å². The van der Waals surface area contributed by atoms with E-state index in [1.807, 2.05) is 30.3 Å². The minimum Gasteiger partial charge on any atom is -0.427 e. The van der Waals surface area contributed by atoms with Crippen molar-refractivity contribution in [1.82, 2.24) is 0 Å². The van der Waals surface area contributed by atoms with Gasteiger partial charge in [-0.05, 0) is 24.5 Å². The molecule has 1 heterocycles. The second-order valence-electron chi connectivity index (χ2n) is 5.55. The molecule has 1 saturated heterocycles. The SMILES string of the molecule is O=[N+]([O-])c1ccc(N2CCCC2c2ccccc2)cc1OC(F)F. The lowest BCUT2D eigenvalue weighted by Crippen LogP contribution is -2.22.